The molecule has 0 N–H and O–H groups in total. The highest BCUT2D eigenvalue weighted by Gasteiger charge is 2.35. The number of nitrogens with zero attached hydrogens (tertiary/aromatic N) is 1. The van der Waals surface area contributed by atoms with Gasteiger partial charge in [0, 0.05) is 16.3 Å². The Morgan fingerprint density at radius 2 is 2.00 bits per heavy atom. The molecule has 1 fully saturated rings. The third-order valence-electron chi connectivity index (χ3n) is 3.47. The summed E-state index contributed by atoms with van der Waals surface area (Å²) in [6, 6.07) is 14.9. The predicted octanol–water partition coefficient (Wildman–Crippen LogP) is 4.13. The molecule has 1 heterocycles. The molecular weight excluding hydrogens is 330 g/mol. The Bertz CT molecular complexity index is 754. The fourth-order valence-electron chi connectivity index (χ4n) is 2.47. The molecule has 23 heavy (non-hydrogen) atoms. The highest BCUT2D eigenvalue weighted by atomic mass is 35.5. The van der Waals surface area contributed by atoms with Crippen LogP contribution >= 0.6 is 23.4 Å². The van der Waals surface area contributed by atoms with Gasteiger partial charge in [0.1, 0.15) is 17.7 Å². The van der Waals surface area contributed by atoms with E-state index in [0.29, 0.717) is 16.5 Å². The van der Waals surface area contributed by atoms with Gasteiger partial charge in [-0.1, -0.05) is 35.7 Å². The molecular formula is C18H14ClNO2S. The fraction of sp³-hybridized carbons (Fsp3) is 0.167. The first-order valence-electron chi connectivity index (χ1n) is 7.05. The van der Waals surface area contributed by atoms with Gasteiger partial charge in [0.15, 0.2) is 0 Å². The average molecular weight is 344 g/mol. The summed E-state index contributed by atoms with van der Waals surface area (Å²) in [5.74, 6) is 3.66. The third kappa shape index (κ3) is 3.31. The van der Waals surface area contributed by atoms with E-state index in [4.69, 9.17) is 22.8 Å². The van der Waals surface area contributed by atoms with Gasteiger partial charge in [-0.15, -0.1) is 18.2 Å². The minimum atomic E-state index is -0.141. The molecule has 2 aromatic carbocycles. The summed E-state index contributed by atoms with van der Waals surface area (Å²) in [4.78, 5) is 14.1. The maximum Gasteiger partial charge on any atom is 0.238 e. The molecule has 5 heteroatoms. The molecule has 1 aliphatic heterocycles. The van der Waals surface area contributed by atoms with Crippen molar-refractivity contribution in [2.24, 2.45) is 0 Å². The summed E-state index contributed by atoms with van der Waals surface area (Å²) >= 11 is 7.51. The van der Waals surface area contributed by atoms with Crippen LogP contribution in [0.3, 0.4) is 0 Å². The van der Waals surface area contributed by atoms with Crippen LogP contribution in [-0.2, 0) is 4.79 Å². The average Bonchev–Trinajstić information content (AvgIpc) is 2.95. The topological polar surface area (TPSA) is 29.5 Å². The van der Waals surface area contributed by atoms with Crippen LogP contribution in [0.15, 0.2) is 48.5 Å². The van der Waals surface area contributed by atoms with Crippen LogP contribution in [0.2, 0.25) is 5.02 Å². The number of halogens is 1. The summed E-state index contributed by atoms with van der Waals surface area (Å²) in [6.45, 7) is 0.198. The number of carbonyl (C=O) groups is 1. The second kappa shape index (κ2) is 6.99. The van der Waals surface area contributed by atoms with Crippen molar-refractivity contribution in [1.82, 2.24) is 0 Å². The minimum Gasteiger partial charge on any atom is -0.481 e. The van der Waals surface area contributed by atoms with Crippen LogP contribution in [0.5, 0.6) is 5.75 Å². The van der Waals surface area contributed by atoms with Gasteiger partial charge in [0.2, 0.25) is 5.91 Å². The lowest BCUT2D eigenvalue weighted by atomic mass is 10.1. The zero-order valence-electron chi connectivity index (χ0n) is 12.2. The first-order chi connectivity index (χ1) is 11.2. The van der Waals surface area contributed by atoms with Crippen LogP contribution < -0.4 is 9.64 Å². The Morgan fingerprint density at radius 3 is 2.74 bits per heavy atom. The van der Waals surface area contributed by atoms with Crippen LogP contribution in [0.4, 0.5) is 5.69 Å². The summed E-state index contributed by atoms with van der Waals surface area (Å²) in [6.07, 6.45) is 5.28. The number of para-hydroxylation sites is 1. The van der Waals surface area contributed by atoms with Gasteiger partial charge in [0.25, 0.3) is 0 Å². The zero-order chi connectivity index (χ0) is 16.2. The molecule has 3 rings (SSSR count). The molecule has 2 aromatic rings. The van der Waals surface area contributed by atoms with Crippen molar-refractivity contribution < 1.29 is 9.53 Å². The molecule has 1 atom stereocenters. The number of rotatable bonds is 4. The lowest BCUT2D eigenvalue weighted by Crippen LogP contribution is -2.28. The van der Waals surface area contributed by atoms with Crippen LogP contribution in [-0.4, -0.2) is 18.3 Å². The normalized spacial score (nSPS) is 17.1. The van der Waals surface area contributed by atoms with E-state index in [1.165, 1.54) is 0 Å². The Balaban J connectivity index is 1.97. The van der Waals surface area contributed by atoms with Gasteiger partial charge in [-0.05, 0) is 30.3 Å². The number of anilines is 1. The number of benzene rings is 2. The number of amides is 1. The Hall–Kier alpha value is -2.09. The minimum absolute atomic E-state index is 0.0640. The van der Waals surface area contributed by atoms with E-state index in [1.54, 1.807) is 28.8 Å². The number of terminal acetylenes is 1. The molecule has 116 valence electrons. The second-order valence-corrected chi connectivity index (χ2v) is 6.44. The van der Waals surface area contributed by atoms with Crippen LogP contribution in [0.25, 0.3) is 0 Å². The lowest BCUT2D eigenvalue weighted by molar-refractivity contribution is -0.115. The molecule has 3 nitrogen and oxygen atoms in total. The quantitative estimate of drug-likeness (QED) is 0.782. The number of thioether (sulfide) groups is 1. The highest BCUT2D eigenvalue weighted by Crippen LogP contribution is 2.44. The Morgan fingerprint density at radius 1 is 1.26 bits per heavy atom. The standard InChI is InChI=1S/C18H14ClNO2S/c1-2-11-22-16-6-4-3-5-15(16)18-20(17(21)12-23-18)14-9-7-13(19)8-10-14/h1,3-10,18H,11-12H2/t18-/m1/s1. The van der Waals surface area contributed by atoms with E-state index in [0.717, 1.165) is 11.3 Å². The molecule has 0 saturated carbocycles. The first kappa shape index (κ1) is 15.8. The Labute approximate surface area is 144 Å². The molecule has 0 aliphatic carbocycles. The van der Waals surface area contributed by atoms with Crippen molar-refractivity contribution in [1.29, 1.82) is 0 Å². The van der Waals surface area contributed by atoms with Gasteiger partial charge in [-0.25, -0.2) is 0 Å². The number of hydrogen-bond acceptors (Lipinski definition) is 3. The van der Waals surface area contributed by atoms with Gasteiger partial charge in [-0.3, -0.25) is 9.69 Å². The maximum atomic E-state index is 12.4. The largest absolute Gasteiger partial charge is 0.481 e. The first-order valence-corrected chi connectivity index (χ1v) is 8.48. The van der Waals surface area contributed by atoms with Crippen molar-refractivity contribution in [3.63, 3.8) is 0 Å². The molecule has 1 aliphatic rings. The molecule has 1 saturated heterocycles. The molecule has 0 unspecified atom stereocenters. The van der Waals surface area contributed by atoms with Crippen LogP contribution in [0, 0.1) is 12.3 Å². The van der Waals surface area contributed by atoms with Crippen LogP contribution in [0.1, 0.15) is 10.9 Å². The highest BCUT2D eigenvalue weighted by molar-refractivity contribution is 8.00. The van der Waals surface area contributed by atoms with E-state index >= 15 is 0 Å². The monoisotopic (exact) mass is 343 g/mol. The molecule has 0 radical (unpaired) electrons. The van der Waals surface area contributed by atoms with Gasteiger partial charge >= 0.3 is 0 Å². The van der Waals surface area contributed by atoms with E-state index in [1.807, 2.05) is 36.4 Å². The van der Waals surface area contributed by atoms with Crippen molar-refractivity contribution in [3.8, 4) is 18.1 Å². The second-order valence-electron chi connectivity index (χ2n) is 4.93. The predicted molar refractivity (Wildman–Crippen MR) is 94.9 cm³/mol. The molecule has 0 bridgehead atoms. The summed E-state index contributed by atoms with van der Waals surface area (Å²) in [7, 11) is 0. The molecule has 0 aromatic heterocycles. The summed E-state index contributed by atoms with van der Waals surface area (Å²) < 4.78 is 5.63. The van der Waals surface area contributed by atoms with Gasteiger partial charge in [-0.2, -0.15) is 0 Å². The summed E-state index contributed by atoms with van der Waals surface area (Å²) in [5, 5.41) is 0.500. The maximum absolute atomic E-state index is 12.4. The number of ether oxygens (including phenoxy) is 1. The van der Waals surface area contributed by atoms with Crippen molar-refractivity contribution in [2.75, 3.05) is 17.3 Å². The number of hydrogen-bond donors (Lipinski definition) is 0. The Kier molecular flexibility index (Phi) is 4.80. The SMILES string of the molecule is C#CCOc1ccccc1[C@H]1SCC(=O)N1c1ccc(Cl)cc1. The fourth-order valence-corrected chi connectivity index (χ4v) is 3.80. The van der Waals surface area contributed by atoms with Crippen molar-refractivity contribution >= 4 is 35.0 Å². The van der Waals surface area contributed by atoms with E-state index in [9.17, 15) is 4.79 Å². The van der Waals surface area contributed by atoms with E-state index in [2.05, 4.69) is 5.92 Å². The van der Waals surface area contributed by atoms with E-state index < -0.39 is 0 Å². The van der Waals surface area contributed by atoms with Crippen molar-refractivity contribution in [2.45, 2.75) is 5.37 Å². The van der Waals surface area contributed by atoms with Crippen molar-refractivity contribution in [3.05, 3.63) is 59.1 Å². The van der Waals surface area contributed by atoms with E-state index in [-0.39, 0.29) is 17.9 Å². The van der Waals surface area contributed by atoms with Gasteiger partial charge < -0.3 is 4.74 Å². The molecule has 1 amide bonds. The zero-order valence-corrected chi connectivity index (χ0v) is 13.8. The number of carbonyl (C=O) groups excluding carboxylic acids is 1. The molecule has 0 spiro atoms. The summed E-state index contributed by atoms with van der Waals surface area (Å²) in [5.41, 5.74) is 1.76. The lowest BCUT2D eigenvalue weighted by Gasteiger charge is -2.25. The smallest absolute Gasteiger partial charge is 0.238 e. The third-order valence-corrected chi connectivity index (χ3v) is 4.91. The van der Waals surface area contributed by atoms with Gasteiger partial charge in [0.05, 0.1) is 5.75 Å².